The van der Waals surface area contributed by atoms with E-state index >= 15 is 0 Å². The highest BCUT2D eigenvalue weighted by Gasteiger charge is 2.41. The summed E-state index contributed by atoms with van der Waals surface area (Å²) in [6, 6.07) is 7.33. The molecule has 1 unspecified atom stereocenters. The largest absolute Gasteiger partial charge is 0.329 e. The Labute approximate surface area is 137 Å². The quantitative estimate of drug-likeness (QED) is 0.875. The fraction of sp³-hybridized carbons (Fsp3) is 0.667. The van der Waals surface area contributed by atoms with Gasteiger partial charge in [-0.15, -0.1) is 0 Å². The predicted molar refractivity (Wildman–Crippen MR) is 92.5 cm³/mol. The van der Waals surface area contributed by atoms with Crippen LogP contribution in [0.3, 0.4) is 0 Å². The summed E-state index contributed by atoms with van der Waals surface area (Å²) in [7, 11) is 0. The molecule has 1 aromatic rings. The molecule has 2 aliphatic rings. The number of benzene rings is 1. The third kappa shape index (κ3) is 3.20. The summed E-state index contributed by atoms with van der Waals surface area (Å²) in [5.41, 5.74) is 9.47. The fourth-order valence-electron chi connectivity index (χ4n) is 3.88. The van der Waals surface area contributed by atoms with Gasteiger partial charge in [-0.1, -0.05) is 22.0 Å². The van der Waals surface area contributed by atoms with Crippen molar-refractivity contribution in [1.82, 2.24) is 4.90 Å². The van der Waals surface area contributed by atoms with Crippen molar-refractivity contribution in [2.45, 2.75) is 57.5 Å². The van der Waals surface area contributed by atoms with Gasteiger partial charge in [0.2, 0.25) is 0 Å². The van der Waals surface area contributed by atoms with Crippen LogP contribution in [0.5, 0.6) is 0 Å². The van der Waals surface area contributed by atoms with Crippen LogP contribution >= 0.6 is 15.9 Å². The van der Waals surface area contributed by atoms with Crippen molar-refractivity contribution in [2.75, 3.05) is 13.1 Å². The van der Waals surface area contributed by atoms with Gasteiger partial charge in [-0.3, -0.25) is 4.90 Å². The highest BCUT2D eigenvalue weighted by atomic mass is 79.9. The molecule has 0 aliphatic heterocycles. The maximum Gasteiger partial charge on any atom is 0.0378 e. The van der Waals surface area contributed by atoms with E-state index in [0.29, 0.717) is 6.04 Å². The molecular formula is C18H27BrN2. The molecule has 2 nitrogen and oxygen atoms in total. The highest BCUT2D eigenvalue weighted by molar-refractivity contribution is 9.10. The van der Waals surface area contributed by atoms with Crippen molar-refractivity contribution in [2.24, 2.45) is 11.7 Å². The van der Waals surface area contributed by atoms with Crippen molar-refractivity contribution in [3.05, 3.63) is 33.8 Å². The van der Waals surface area contributed by atoms with Gasteiger partial charge < -0.3 is 5.73 Å². The van der Waals surface area contributed by atoms with Crippen molar-refractivity contribution < 1.29 is 0 Å². The van der Waals surface area contributed by atoms with Gasteiger partial charge in [-0.05, 0) is 75.1 Å². The zero-order valence-corrected chi connectivity index (χ0v) is 14.8. The first-order valence-corrected chi connectivity index (χ1v) is 9.07. The van der Waals surface area contributed by atoms with Crippen LogP contribution in [0.2, 0.25) is 0 Å². The number of rotatable bonds is 5. The lowest BCUT2D eigenvalue weighted by molar-refractivity contribution is 0.0442. The first-order chi connectivity index (χ1) is 10.0. The van der Waals surface area contributed by atoms with Gasteiger partial charge in [0.25, 0.3) is 0 Å². The molecule has 21 heavy (non-hydrogen) atoms. The molecular weight excluding hydrogens is 324 g/mol. The molecule has 1 atom stereocenters. The summed E-state index contributed by atoms with van der Waals surface area (Å²) in [6.07, 6.45) is 6.27. The third-order valence-electron chi connectivity index (χ3n) is 5.31. The number of hydrogen-bond donors (Lipinski definition) is 1. The number of nitrogens with zero attached hydrogens (tertiary/aromatic N) is 1. The van der Waals surface area contributed by atoms with Gasteiger partial charge in [-0.25, -0.2) is 0 Å². The Morgan fingerprint density at radius 3 is 2.71 bits per heavy atom. The number of fused-ring (bicyclic) bond motifs is 1. The second kappa shape index (κ2) is 6.02. The van der Waals surface area contributed by atoms with Crippen LogP contribution in [0.4, 0.5) is 0 Å². The van der Waals surface area contributed by atoms with Gasteiger partial charge in [-0.2, -0.15) is 0 Å². The monoisotopic (exact) mass is 350 g/mol. The Balaban J connectivity index is 1.87. The van der Waals surface area contributed by atoms with E-state index in [1.165, 1.54) is 41.4 Å². The van der Waals surface area contributed by atoms with E-state index in [9.17, 15) is 0 Å². The minimum absolute atomic E-state index is 0.164. The molecule has 3 rings (SSSR count). The molecule has 116 valence electrons. The second-order valence-corrected chi connectivity index (χ2v) is 8.12. The molecule has 2 N–H and O–H groups in total. The van der Waals surface area contributed by atoms with E-state index in [-0.39, 0.29) is 5.54 Å². The average Bonchev–Trinajstić information content (AvgIpc) is 3.28. The van der Waals surface area contributed by atoms with Gasteiger partial charge in [0.1, 0.15) is 0 Å². The molecule has 1 fully saturated rings. The van der Waals surface area contributed by atoms with E-state index in [0.717, 1.165) is 25.3 Å². The first kappa shape index (κ1) is 15.5. The standard InChI is InChI=1S/C18H27BrN2/c1-13(2)21(11-14-3-4-14)18(12-20)8-7-15-9-17(19)6-5-16(15)10-18/h5-6,9,13-14H,3-4,7-8,10-12,20H2,1-2H3. The van der Waals surface area contributed by atoms with Crippen LogP contribution in [0.25, 0.3) is 0 Å². The minimum Gasteiger partial charge on any atom is -0.329 e. The van der Waals surface area contributed by atoms with Gasteiger partial charge in [0, 0.05) is 29.1 Å². The maximum atomic E-state index is 6.31. The Kier molecular flexibility index (Phi) is 4.45. The minimum atomic E-state index is 0.164. The maximum absolute atomic E-state index is 6.31. The van der Waals surface area contributed by atoms with Crippen molar-refractivity contribution in [3.63, 3.8) is 0 Å². The summed E-state index contributed by atoms with van der Waals surface area (Å²) in [6.45, 7) is 6.67. The van der Waals surface area contributed by atoms with Crippen LogP contribution in [-0.2, 0) is 12.8 Å². The predicted octanol–water partition coefficient (Wildman–Crippen LogP) is 3.76. The summed E-state index contributed by atoms with van der Waals surface area (Å²) in [4.78, 5) is 2.72. The Morgan fingerprint density at radius 2 is 2.10 bits per heavy atom. The third-order valence-corrected chi connectivity index (χ3v) is 5.81. The fourth-order valence-corrected chi connectivity index (χ4v) is 4.29. The Hall–Kier alpha value is -0.380. The average molecular weight is 351 g/mol. The summed E-state index contributed by atoms with van der Waals surface area (Å²) in [5, 5.41) is 0. The zero-order valence-electron chi connectivity index (χ0n) is 13.2. The van der Waals surface area contributed by atoms with Crippen molar-refractivity contribution in [3.8, 4) is 0 Å². The van der Waals surface area contributed by atoms with E-state index < -0.39 is 0 Å². The number of halogens is 1. The van der Waals surface area contributed by atoms with Crippen molar-refractivity contribution in [1.29, 1.82) is 0 Å². The lowest BCUT2D eigenvalue weighted by atomic mass is 9.76. The SMILES string of the molecule is CC(C)N(CC1CC1)C1(CN)CCc2cc(Br)ccc2C1. The van der Waals surface area contributed by atoms with Crippen molar-refractivity contribution >= 4 is 15.9 Å². The topological polar surface area (TPSA) is 29.3 Å². The summed E-state index contributed by atoms with van der Waals surface area (Å²) in [5.74, 6) is 0.919. The molecule has 0 heterocycles. The lowest BCUT2D eigenvalue weighted by Gasteiger charge is -2.49. The molecule has 0 radical (unpaired) electrons. The lowest BCUT2D eigenvalue weighted by Crippen LogP contribution is -2.60. The van der Waals surface area contributed by atoms with E-state index in [2.05, 4.69) is 52.9 Å². The Bertz CT molecular complexity index is 510. The molecule has 0 aromatic heterocycles. The van der Waals surface area contributed by atoms with E-state index in [4.69, 9.17) is 5.73 Å². The second-order valence-electron chi connectivity index (χ2n) is 7.21. The molecule has 1 saturated carbocycles. The number of nitrogens with two attached hydrogens (primary N) is 1. The van der Waals surface area contributed by atoms with Gasteiger partial charge in [0.05, 0.1) is 0 Å². The zero-order chi connectivity index (χ0) is 15.0. The first-order valence-electron chi connectivity index (χ1n) is 8.28. The molecule has 3 heteroatoms. The smallest absolute Gasteiger partial charge is 0.0378 e. The van der Waals surface area contributed by atoms with Crippen LogP contribution in [0, 0.1) is 5.92 Å². The highest BCUT2D eigenvalue weighted by Crippen LogP contribution is 2.38. The molecule has 0 amide bonds. The van der Waals surface area contributed by atoms with Crippen LogP contribution < -0.4 is 5.73 Å². The molecule has 1 aromatic carbocycles. The molecule has 2 aliphatic carbocycles. The van der Waals surface area contributed by atoms with Gasteiger partial charge >= 0.3 is 0 Å². The van der Waals surface area contributed by atoms with Crippen LogP contribution in [0.15, 0.2) is 22.7 Å². The molecule has 0 saturated heterocycles. The summed E-state index contributed by atoms with van der Waals surface area (Å²) >= 11 is 3.59. The summed E-state index contributed by atoms with van der Waals surface area (Å²) < 4.78 is 1.19. The van der Waals surface area contributed by atoms with E-state index in [1.807, 2.05) is 0 Å². The number of hydrogen-bond acceptors (Lipinski definition) is 2. The Morgan fingerprint density at radius 1 is 1.33 bits per heavy atom. The molecule has 0 spiro atoms. The van der Waals surface area contributed by atoms with Crippen LogP contribution in [-0.4, -0.2) is 29.6 Å². The van der Waals surface area contributed by atoms with E-state index in [1.54, 1.807) is 0 Å². The normalized spacial score (nSPS) is 25.4. The number of aryl methyl sites for hydroxylation is 1. The van der Waals surface area contributed by atoms with Crippen LogP contribution in [0.1, 0.15) is 44.2 Å². The molecule has 0 bridgehead atoms. The van der Waals surface area contributed by atoms with Gasteiger partial charge in [0.15, 0.2) is 0 Å².